The summed E-state index contributed by atoms with van der Waals surface area (Å²) in [4.78, 5) is 40.0. The van der Waals surface area contributed by atoms with Crippen LogP contribution in [0.2, 0.25) is 0 Å². The number of anilines is 1. The van der Waals surface area contributed by atoms with Gasteiger partial charge in [-0.1, -0.05) is 24.3 Å². The van der Waals surface area contributed by atoms with E-state index in [0.717, 1.165) is 22.9 Å². The average Bonchev–Trinajstić information content (AvgIpc) is 3.46. The van der Waals surface area contributed by atoms with E-state index in [1.54, 1.807) is 30.6 Å². The number of hydrogen-bond donors (Lipinski definition) is 3. The number of carbonyl (C=O) groups is 2. The van der Waals surface area contributed by atoms with Crippen molar-refractivity contribution in [2.75, 3.05) is 5.32 Å². The minimum Gasteiger partial charge on any atom is -0.344 e. The number of carbonyl (C=O) groups excluding carboxylic acids is 2. The van der Waals surface area contributed by atoms with E-state index in [1.807, 2.05) is 18.2 Å². The standard InChI is InChI=1S/C31H26F2N6O2/c32-22-7-1-4-18(25(22)33)19-8-9-23(27-20(26(19)34)5-2-10-35-27)38-29(40)17-12-16-13-31(14-24(16)37-15-17)21-6-3-11-36-28(21)39-30(31)41/h1-7,10-12,15,19,23,26H,8-9,13-14,34H2,(H,38,40)(H,36,39,41)/t19-,23+,26+,31?/m0/s1. The number of nitrogens with zero attached hydrogens (tertiary/aromatic N) is 3. The molecule has 10 heteroatoms. The zero-order valence-corrected chi connectivity index (χ0v) is 21.9. The molecule has 0 radical (unpaired) electrons. The molecule has 3 aliphatic rings. The Balaban J connectivity index is 1.15. The molecule has 1 unspecified atom stereocenters. The molecule has 0 saturated heterocycles. The number of amides is 2. The summed E-state index contributed by atoms with van der Waals surface area (Å²) >= 11 is 0. The molecule has 41 heavy (non-hydrogen) atoms. The molecule has 1 aliphatic heterocycles. The highest BCUT2D eigenvalue weighted by Gasteiger charge is 2.51. The van der Waals surface area contributed by atoms with Gasteiger partial charge in [-0.25, -0.2) is 13.8 Å². The summed E-state index contributed by atoms with van der Waals surface area (Å²) in [7, 11) is 0. The Kier molecular flexibility index (Phi) is 5.90. The number of nitrogens with two attached hydrogens (primary N) is 1. The number of benzene rings is 1. The number of aromatic nitrogens is 3. The van der Waals surface area contributed by atoms with Gasteiger partial charge in [0.25, 0.3) is 5.91 Å². The maximum atomic E-state index is 14.8. The second-order valence-corrected chi connectivity index (χ2v) is 11.0. The summed E-state index contributed by atoms with van der Waals surface area (Å²) < 4.78 is 28.8. The van der Waals surface area contributed by atoms with Crippen LogP contribution in [0.15, 0.2) is 67.1 Å². The van der Waals surface area contributed by atoms with Gasteiger partial charge in [0.1, 0.15) is 5.82 Å². The van der Waals surface area contributed by atoms with Crippen LogP contribution in [0.25, 0.3) is 0 Å². The molecule has 4 heterocycles. The predicted octanol–water partition coefficient (Wildman–Crippen LogP) is 4.19. The minimum absolute atomic E-state index is 0.114. The van der Waals surface area contributed by atoms with Gasteiger partial charge in [0, 0.05) is 48.2 Å². The second-order valence-electron chi connectivity index (χ2n) is 11.0. The van der Waals surface area contributed by atoms with Crippen LogP contribution in [0, 0.1) is 11.6 Å². The highest BCUT2D eigenvalue weighted by atomic mass is 19.2. The van der Waals surface area contributed by atoms with Crippen LogP contribution < -0.4 is 16.4 Å². The summed E-state index contributed by atoms with van der Waals surface area (Å²) in [6.07, 6.45) is 6.49. The van der Waals surface area contributed by atoms with Crippen LogP contribution in [0.3, 0.4) is 0 Å². The lowest BCUT2D eigenvalue weighted by atomic mass is 9.80. The minimum atomic E-state index is -0.920. The molecule has 4 N–H and O–H groups in total. The number of nitrogens with one attached hydrogen (secondary N) is 2. The lowest BCUT2D eigenvalue weighted by molar-refractivity contribution is -0.120. The Labute approximate surface area is 234 Å². The van der Waals surface area contributed by atoms with Crippen molar-refractivity contribution in [1.29, 1.82) is 0 Å². The average molecular weight is 553 g/mol. The Morgan fingerprint density at radius 3 is 2.68 bits per heavy atom. The van der Waals surface area contributed by atoms with Crippen molar-refractivity contribution >= 4 is 17.6 Å². The molecule has 4 aromatic rings. The number of pyridine rings is 3. The van der Waals surface area contributed by atoms with Crippen LogP contribution in [0.5, 0.6) is 0 Å². The van der Waals surface area contributed by atoms with E-state index in [1.165, 1.54) is 12.3 Å². The second kappa shape index (κ2) is 9.52. The van der Waals surface area contributed by atoms with Crippen LogP contribution in [0.1, 0.15) is 74.8 Å². The highest BCUT2D eigenvalue weighted by molar-refractivity contribution is 6.06. The fraction of sp³-hybridized carbons (Fsp3) is 0.258. The van der Waals surface area contributed by atoms with Gasteiger partial charge in [0.05, 0.1) is 22.7 Å². The summed E-state index contributed by atoms with van der Waals surface area (Å²) in [5.74, 6) is -2.21. The Morgan fingerprint density at radius 1 is 1.00 bits per heavy atom. The van der Waals surface area contributed by atoms with E-state index < -0.39 is 35.1 Å². The third-order valence-electron chi connectivity index (χ3n) is 8.72. The van der Waals surface area contributed by atoms with Crippen LogP contribution >= 0.6 is 0 Å². The number of fused-ring (bicyclic) bond motifs is 4. The third kappa shape index (κ3) is 4.01. The van der Waals surface area contributed by atoms with Crippen molar-refractivity contribution in [1.82, 2.24) is 20.3 Å². The van der Waals surface area contributed by atoms with E-state index in [0.29, 0.717) is 48.3 Å². The molecular weight excluding hydrogens is 526 g/mol. The van der Waals surface area contributed by atoms with E-state index in [4.69, 9.17) is 5.73 Å². The zero-order valence-electron chi connectivity index (χ0n) is 21.9. The lowest BCUT2D eigenvalue weighted by Gasteiger charge is -2.23. The fourth-order valence-electron chi connectivity index (χ4n) is 6.66. The van der Waals surface area contributed by atoms with Gasteiger partial charge in [-0.2, -0.15) is 0 Å². The van der Waals surface area contributed by atoms with Crippen LogP contribution in [-0.4, -0.2) is 26.8 Å². The Bertz CT molecular complexity index is 1730. The molecule has 1 aromatic carbocycles. The molecule has 0 fully saturated rings. The molecular formula is C31H26F2N6O2. The lowest BCUT2D eigenvalue weighted by Crippen LogP contribution is -2.35. The van der Waals surface area contributed by atoms with Crippen molar-refractivity contribution in [3.8, 4) is 0 Å². The van der Waals surface area contributed by atoms with Crippen LogP contribution in [-0.2, 0) is 23.1 Å². The van der Waals surface area contributed by atoms with Crippen molar-refractivity contribution in [3.05, 3.63) is 118 Å². The molecule has 0 bridgehead atoms. The van der Waals surface area contributed by atoms with E-state index in [2.05, 4.69) is 25.6 Å². The monoisotopic (exact) mass is 552 g/mol. The molecule has 2 aliphatic carbocycles. The summed E-state index contributed by atoms with van der Waals surface area (Å²) in [6, 6.07) is 12.1. The number of halogens is 2. The van der Waals surface area contributed by atoms with Crippen LogP contribution in [0.4, 0.5) is 14.6 Å². The maximum Gasteiger partial charge on any atom is 0.253 e. The normalized spacial score (nSPS) is 24.3. The van der Waals surface area contributed by atoms with E-state index in [9.17, 15) is 18.4 Å². The number of rotatable bonds is 3. The largest absolute Gasteiger partial charge is 0.344 e. The van der Waals surface area contributed by atoms with E-state index in [-0.39, 0.29) is 17.4 Å². The van der Waals surface area contributed by atoms with Gasteiger partial charge < -0.3 is 16.4 Å². The first-order valence-electron chi connectivity index (χ1n) is 13.6. The third-order valence-corrected chi connectivity index (χ3v) is 8.72. The summed E-state index contributed by atoms with van der Waals surface area (Å²) in [5, 5.41) is 5.95. The molecule has 206 valence electrons. The molecule has 7 rings (SSSR count). The maximum absolute atomic E-state index is 14.8. The van der Waals surface area contributed by atoms with Gasteiger partial charge in [0.15, 0.2) is 11.6 Å². The first-order valence-corrected chi connectivity index (χ1v) is 13.6. The molecule has 2 amide bonds. The summed E-state index contributed by atoms with van der Waals surface area (Å²) in [6.45, 7) is 0. The van der Waals surface area contributed by atoms with Crippen molar-refractivity contribution in [3.63, 3.8) is 0 Å². The zero-order chi connectivity index (χ0) is 28.3. The van der Waals surface area contributed by atoms with Crippen molar-refractivity contribution in [2.45, 2.75) is 49.1 Å². The van der Waals surface area contributed by atoms with Gasteiger partial charge >= 0.3 is 0 Å². The topological polar surface area (TPSA) is 123 Å². The van der Waals surface area contributed by atoms with Gasteiger partial charge in [0.2, 0.25) is 5.91 Å². The number of hydrogen-bond acceptors (Lipinski definition) is 6. The Hall–Kier alpha value is -4.57. The first-order chi connectivity index (χ1) is 19.9. The van der Waals surface area contributed by atoms with Gasteiger partial charge in [-0.3, -0.25) is 19.6 Å². The fourth-order valence-corrected chi connectivity index (χ4v) is 6.66. The van der Waals surface area contributed by atoms with Crippen molar-refractivity contribution < 1.29 is 18.4 Å². The molecule has 1 spiro atoms. The smallest absolute Gasteiger partial charge is 0.253 e. The van der Waals surface area contributed by atoms with Gasteiger partial charge in [-0.15, -0.1) is 0 Å². The Morgan fingerprint density at radius 2 is 1.80 bits per heavy atom. The van der Waals surface area contributed by atoms with Crippen molar-refractivity contribution in [2.24, 2.45) is 5.73 Å². The van der Waals surface area contributed by atoms with Gasteiger partial charge in [-0.05, 0) is 60.2 Å². The summed E-state index contributed by atoms with van der Waals surface area (Å²) in [5.41, 5.74) is 10.2. The molecule has 3 aromatic heterocycles. The first kappa shape index (κ1) is 25.4. The molecule has 4 atom stereocenters. The quantitative estimate of drug-likeness (QED) is 0.328. The molecule has 0 saturated carbocycles. The SMILES string of the molecule is N[C@H]1c2cccnc2[C@H](NC(=O)c2cnc3c(c2)CC2(C3)C(=O)Nc3ncccc32)CC[C@H]1c1cccc(F)c1F. The van der Waals surface area contributed by atoms with E-state index >= 15 is 0 Å². The molecule has 8 nitrogen and oxygen atoms in total. The highest BCUT2D eigenvalue weighted by Crippen LogP contribution is 2.46. The predicted molar refractivity (Wildman–Crippen MR) is 146 cm³/mol.